The van der Waals surface area contributed by atoms with Crippen LogP contribution in [-0.2, 0) is 4.74 Å². The van der Waals surface area contributed by atoms with Gasteiger partial charge < -0.3 is 25.2 Å². The number of carbonyl (C=O) groups excluding carboxylic acids is 1. The Morgan fingerprint density at radius 2 is 1.65 bits per heavy atom. The lowest BCUT2D eigenvalue weighted by Crippen LogP contribution is -2.49. The van der Waals surface area contributed by atoms with Gasteiger partial charge in [-0.3, -0.25) is 10.00 Å². The third-order valence-electron chi connectivity index (χ3n) is 8.78. The van der Waals surface area contributed by atoms with Gasteiger partial charge in [-0.25, -0.2) is 19.2 Å². The van der Waals surface area contributed by atoms with Crippen LogP contribution in [0.25, 0.3) is 22.4 Å². The number of hydrogen-bond donors (Lipinski definition) is 3. The highest BCUT2D eigenvalue weighted by molar-refractivity contribution is 6.00. The highest BCUT2D eigenvalue weighted by atomic mass is 19.4. The molecular formula is C31H33F4N9O2. The van der Waals surface area contributed by atoms with Crippen LogP contribution in [-0.4, -0.2) is 107 Å². The van der Waals surface area contributed by atoms with E-state index in [2.05, 4.69) is 47.6 Å². The summed E-state index contributed by atoms with van der Waals surface area (Å²) in [5.74, 6) is 0.0528. The number of likely N-dealkylation sites (tertiary alicyclic amines) is 1. The van der Waals surface area contributed by atoms with Gasteiger partial charge in [-0.2, -0.15) is 18.3 Å². The van der Waals surface area contributed by atoms with Gasteiger partial charge in [0.2, 0.25) is 0 Å². The number of nitrogens with zero attached hydrogens (tertiary/aromatic N) is 6. The van der Waals surface area contributed by atoms with Gasteiger partial charge in [0, 0.05) is 68.3 Å². The molecule has 0 saturated carbocycles. The number of nitrogens with one attached hydrogen (secondary N) is 3. The number of rotatable bonds is 6. The molecule has 242 valence electrons. The number of piperazine rings is 1. The molecule has 2 aromatic carbocycles. The number of H-pyrrole nitrogens is 1. The average Bonchev–Trinajstić information content (AvgIpc) is 3.60. The molecule has 3 aliphatic heterocycles. The zero-order chi connectivity index (χ0) is 32.0. The lowest BCUT2D eigenvalue weighted by atomic mass is 10.1. The van der Waals surface area contributed by atoms with E-state index in [0.29, 0.717) is 16.9 Å². The molecule has 0 spiro atoms. The molecule has 46 heavy (non-hydrogen) atoms. The minimum Gasteiger partial charge on any atom is -0.369 e. The van der Waals surface area contributed by atoms with Crippen LogP contribution in [0.3, 0.4) is 0 Å². The maximum absolute atomic E-state index is 14.7. The standard InChI is InChI=1S/C31H33F4N9O2/c1-42-10-12-43(13-11-42)21-8-6-20(7-9-21)38-30(45)37-19-4-2-18(3-5-19)28-39-26(23-15-36-41-29(23)40-28)27(31(33,34)35)44-16-22-14-24(32)25(17-44)46-22/h2-9,15,22,24-25,27H,10-14,16-17H2,1H3,(H2,37,38,45)(H,36,39,40,41). The molecule has 0 aliphatic carbocycles. The number of aromatic amines is 1. The summed E-state index contributed by atoms with van der Waals surface area (Å²) in [6, 6.07) is 11.6. The zero-order valence-corrected chi connectivity index (χ0v) is 25.0. The van der Waals surface area contributed by atoms with Gasteiger partial charge in [0.25, 0.3) is 0 Å². The number of carbonyl (C=O) groups is 1. The fraction of sp³-hybridized carbons (Fsp3) is 0.419. The molecule has 3 N–H and O–H groups in total. The average molecular weight is 640 g/mol. The number of benzene rings is 2. The van der Waals surface area contributed by atoms with Gasteiger partial charge in [-0.15, -0.1) is 0 Å². The number of likely N-dealkylation sites (N-methyl/N-ethyl adjacent to an activating group) is 1. The number of aromatic nitrogens is 4. The van der Waals surface area contributed by atoms with Crippen LogP contribution in [0.2, 0.25) is 0 Å². The summed E-state index contributed by atoms with van der Waals surface area (Å²) < 4.78 is 63.8. The van der Waals surface area contributed by atoms with Crippen molar-refractivity contribution in [3.8, 4) is 11.4 Å². The number of alkyl halides is 4. The van der Waals surface area contributed by atoms with E-state index >= 15 is 0 Å². The third-order valence-corrected chi connectivity index (χ3v) is 8.78. The summed E-state index contributed by atoms with van der Waals surface area (Å²) in [6.07, 6.45) is -6.19. The minimum atomic E-state index is -4.70. The number of amides is 2. The maximum Gasteiger partial charge on any atom is 0.409 e. The number of fused-ring (bicyclic) bond motifs is 3. The van der Waals surface area contributed by atoms with Crippen LogP contribution in [0.4, 0.5) is 39.4 Å². The van der Waals surface area contributed by atoms with Crippen molar-refractivity contribution in [1.29, 1.82) is 0 Å². The molecule has 0 radical (unpaired) electrons. The molecule has 4 atom stereocenters. The summed E-state index contributed by atoms with van der Waals surface area (Å²) in [6.45, 7) is 3.61. The van der Waals surface area contributed by atoms with E-state index in [9.17, 15) is 22.4 Å². The lowest BCUT2D eigenvalue weighted by Gasteiger charge is -2.38. The van der Waals surface area contributed by atoms with Crippen molar-refractivity contribution in [3.63, 3.8) is 0 Å². The summed E-state index contributed by atoms with van der Waals surface area (Å²) in [4.78, 5) is 27.3. The summed E-state index contributed by atoms with van der Waals surface area (Å²) in [5.41, 5.74) is 2.52. The molecule has 2 amide bonds. The van der Waals surface area contributed by atoms with E-state index in [1.807, 2.05) is 24.3 Å². The smallest absolute Gasteiger partial charge is 0.369 e. The number of halogens is 4. The largest absolute Gasteiger partial charge is 0.409 e. The highest BCUT2D eigenvalue weighted by Gasteiger charge is 2.52. The molecule has 11 nitrogen and oxygen atoms in total. The zero-order valence-electron chi connectivity index (χ0n) is 25.0. The quantitative estimate of drug-likeness (QED) is 0.257. The second kappa shape index (κ2) is 12.1. The van der Waals surface area contributed by atoms with Crippen LogP contribution < -0.4 is 15.5 Å². The predicted molar refractivity (Wildman–Crippen MR) is 164 cm³/mol. The Morgan fingerprint density at radius 3 is 2.30 bits per heavy atom. The van der Waals surface area contributed by atoms with Crippen LogP contribution in [0.5, 0.6) is 0 Å². The van der Waals surface area contributed by atoms with Crippen molar-refractivity contribution in [3.05, 3.63) is 60.4 Å². The normalized spacial score (nSPS) is 23.1. The predicted octanol–water partition coefficient (Wildman–Crippen LogP) is 4.83. The second-order valence-corrected chi connectivity index (χ2v) is 12.0. The van der Waals surface area contributed by atoms with Crippen molar-refractivity contribution in [2.75, 3.05) is 61.8 Å². The van der Waals surface area contributed by atoms with E-state index in [-0.39, 0.29) is 42.1 Å². The van der Waals surface area contributed by atoms with Gasteiger partial charge in [-0.05, 0) is 55.6 Å². The number of anilines is 3. The highest BCUT2D eigenvalue weighted by Crippen LogP contribution is 2.43. The fourth-order valence-electron chi connectivity index (χ4n) is 6.39. The Labute approximate surface area is 261 Å². The summed E-state index contributed by atoms with van der Waals surface area (Å²) >= 11 is 0. The van der Waals surface area contributed by atoms with Crippen molar-refractivity contribution in [2.24, 2.45) is 0 Å². The molecule has 2 bridgehead atoms. The van der Waals surface area contributed by atoms with E-state index in [0.717, 1.165) is 31.9 Å². The van der Waals surface area contributed by atoms with Gasteiger partial charge in [0.15, 0.2) is 17.5 Å². The second-order valence-electron chi connectivity index (χ2n) is 12.0. The Morgan fingerprint density at radius 1 is 0.978 bits per heavy atom. The van der Waals surface area contributed by atoms with Crippen molar-refractivity contribution in [1.82, 2.24) is 30.0 Å². The molecular weight excluding hydrogens is 606 g/mol. The third kappa shape index (κ3) is 6.22. The molecule has 7 rings (SSSR count). The first-order valence-electron chi connectivity index (χ1n) is 15.1. The van der Waals surface area contributed by atoms with Crippen LogP contribution in [0, 0.1) is 0 Å². The lowest BCUT2D eigenvalue weighted by molar-refractivity contribution is -0.203. The summed E-state index contributed by atoms with van der Waals surface area (Å²) in [7, 11) is 2.10. The molecule has 3 fully saturated rings. The van der Waals surface area contributed by atoms with Crippen LogP contribution >= 0.6 is 0 Å². The SMILES string of the molecule is CN1CCN(c2ccc(NC(=O)Nc3ccc(-c4nc(C(N5CC6CC(F)C(C5)O6)C(F)(F)F)c5cn[nH]c5n4)cc3)cc2)CC1. The molecule has 3 saturated heterocycles. The van der Waals surface area contributed by atoms with Crippen molar-refractivity contribution >= 4 is 34.1 Å². The molecule has 2 aromatic heterocycles. The maximum atomic E-state index is 14.7. The number of hydrogen-bond acceptors (Lipinski definition) is 8. The minimum absolute atomic E-state index is 0.0528. The topological polar surface area (TPSA) is 115 Å². The molecule has 3 aliphatic rings. The van der Waals surface area contributed by atoms with Crippen LogP contribution in [0.1, 0.15) is 18.2 Å². The van der Waals surface area contributed by atoms with E-state index in [1.54, 1.807) is 24.3 Å². The molecule has 15 heteroatoms. The first-order valence-corrected chi connectivity index (χ1v) is 15.1. The van der Waals surface area contributed by atoms with Gasteiger partial charge in [-0.1, -0.05) is 0 Å². The molecule has 5 heterocycles. The van der Waals surface area contributed by atoms with Crippen molar-refractivity contribution in [2.45, 2.75) is 37.0 Å². The Bertz CT molecular complexity index is 1690. The molecule has 4 unspecified atom stereocenters. The van der Waals surface area contributed by atoms with E-state index in [4.69, 9.17) is 4.74 Å². The number of morpholine rings is 1. The van der Waals surface area contributed by atoms with E-state index < -0.39 is 36.6 Å². The Kier molecular flexibility index (Phi) is 7.98. The Balaban J connectivity index is 1.06. The van der Waals surface area contributed by atoms with Crippen LogP contribution in [0.15, 0.2) is 54.7 Å². The van der Waals surface area contributed by atoms with Gasteiger partial charge in [0.05, 0.1) is 23.4 Å². The number of ether oxygens (including phenoxy) is 1. The first kappa shape index (κ1) is 30.3. The van der Waals surface area contributed by atoms with Gasteiger partial charge in [0.1, 0.15) is 12.3 Å². The number of urea groups is 1. The monoisotopic (exact) mass is 639 g/mol. The Hall–Kier alpha value is -4.34. The van der Waals surface area contributed by atoms with Gasteiger partial charge >= 0.3 is 12.2 Å². The fourth-order valence-corrected chi connectivity index (χ4v) is 6.39. The van der Waals surface area contributed by atoms with Crippen molar-refractivity contribution < 1.29 is 27.1 Å². The molecule has 4 aromatic rings. The summed E-state index contributed by atoms with van der Waals surface area (Å²) in [5, 5.41) is 12.3. The van der Waals surface area contributed by atoms with E-state index in [1.165, 1.54) is 11.1 Å². The first-order chi connectivity index (χ1) is 22.1.